The first-order valence-corrected chi connectivity index (χ1v) is 9.42. The van der Waals surface area contributed by atoms with Crippen LogP contribution in [0.2, 0.25) is 5.02 Å². The fourth-order valence-corrected chi connectivity index (χ4v) is 3.22. The van der Waals surface area contributed by atoms with Gasteiger partial charge in [-0.05, 0) is 11.6 Å². The third-order valence-corrected chi connectivity index (χ3v) is 4.86. The zero-order valence-corrected chi connectivity index (χ0v) is 15.7. The van der Waals surface area contributed by atoms with E-state index in [1.54, 1.807) is 0 Å². The highest BCUT2D eigenvalue weighted by Crippen LogP contribution is 2.24. The molecule has 0 spiro atoms. The maximum Gasteiger partial charge on any atom is 0.228 e. The highest BCUT2D eigenvalue weighted by molar-refractivity contribution is 6.31. The number of nitrogens with zero attached hydrogens (tertiary/aromatic N) is 3. The van der Waals surface area contributed by atoms with Crippen LogP contribution in [0.1, 0.15) is 5.56 Å². The minimum Gasteiger partial charge on any atom is -0.378 e. The lowest BCUT2D eigenvalue weighted by Crippen LogP contribution is -2.37. The molecule has 2 aromatic carbocycles. The smallest absolute Gasteiger partial charge is 0.228 e. The van der Waals surface area contributed by atoms with E-state index in [-0.39, 0.29) is 0 Å². The number of aromatic nitrogens is 2. The highest BCUT2D eigenvalue weighted by Gasteiger charge is 2.16. The largest absolute Gasteiger partial charge is 0.378 e. The van der Waals surface area contributed by atoms with Crippen molar-refractivity contribution in [3.05, 3.63) is 71.2 Å². The van der Waals surface area contributed by atoms with E-state index in [1.165, 1.54) is 0 Å². The summed E-state index contributed by atoms with van der Waals surface area (Å²) in [6.07, 6.45) is 0. The Labute approximate surface area is 164 Å². The number of nitrogens with one attached hydrogen (secondary N) is 1. The first-order chi connectivity index (χ1) is 13.3. The molecule has 1 saturated heterocycles. The zero-order chi connectivity index (χ0) is 18.5. The van der Waals surface area contributed by atoms with E-state index < -0.39 is 0 Å². The maximum absolute atomic E-state index is 6.28. The number of morpholine rings is 1. The fraction of sp³-hybridized carbons (Fsp3) is 0.238. The monoisotopic (exact) mass is 380 g/mol. The van der Waals surface area contributed by atoms with E-state index in [0.717, 1.165) is 46.7 Å². The molecule has 6 heteroatoms. The molecular weight excluding hydrogens is 360 g/mol. The van der Waals surface area contributed by atoms with Gasteiger partial charge in [0.1, 0.15) is 5.82 Å². The lowest BCUT2D eigenvalue weighted by molar-refractivity contribution is 0.122. The summed E-state index contributed by atoms with van der Waals surface area (Å²) < 4.78 is 5.46. The summed E-state index contributed by atoms with van der Waals surface area (Å²) in [4.78, 5) is 11.7. The van der Waals surface area contributed by atoms with Crippen molar-refractivity contribution >= 4 is 23.4 Å². The molecule has 1 aromatic heterocycles. The Morgan fingerprint density at radius 3 is 2.48 bits per heavy atom. The van der Waals surface area contributed by atoms with Crippen molar-refractivity contribution in [3.8, 4) is 11.3 Å². The number of rotatable bonds is 5. The summed E-state index contributed by atoms with van der Waals surface area (Å²) in [6, 6.07) is 20.0. The van der Waals surface area contributed by atoms with Gasteiger partial charge in [-0.15, -0.1) is 0 Å². The van der Waals surface area contributed by atoms with Gasteiger partial charge in [0, 0.05) is 36.3 Å². The number of hydrogen-bond donors (Lipinski definition) is 1. The van der Waals surface area contributed by atoms with Crippen LogP contribution in [0.4, 0.5) is 11.8 Å². The Balaban J connectivity index is 1.64. The minimum atomic E-state index is 0.605. The lowest BCUT2D eigenvalue weighted by Gasteiger charge is -2.27. The fourth-order valence-electron chi connectivity index (χ4n) is 3.01. The molecule has 1 aliphatic heterocycles. The summed E-state index contributed by atoms with van der Waals surface area (Å²) >= 11 is 6.28. The molecule has 138 valence electrons. The Bertz CT molecular complexity index is 898. The third kappa shape index (κ3) is 4.38. The van der Waals surface area contributed by atoms with Crippen LogP contribution in [0, 0.1) is 0 Å². The van der Waals surface area contributed by atoms with E-state index in [0.29, 0.717) is 19.8 Å². The average molecular weight is 381 g/mol. The van der Waals surface area contributed by atoms with Crippen LogP contribution in [0.3, 0.4) is 0 Å². The summed E-state index contributed by atoms with van der Waals surface area (Å²) in [6.45, 7) is 3.58. The van der Waals surface area contributed by atoms with Crippen molar-refractivity contribution in [3.63, 3.8) is 0 Å². The van der Waals surface area contributed by atoms with Crippen LogP contribution in [0.15, 0.2) is 60.7 Å². The molecule has 1 fully saturated rings. The van der Waals surface area contributed by atoms with Gasteiger partial charge in [-0.3, -0.25) is 0 Å². The average Bonchev–Trinajstić information content (AvgIpc) is 2.74. The molecule has 2 heterocycles. The van der Waals surface area contributed by atoms with Gasteiger partial charge in [-0.25, -0.2) is 4.98 Å². The maximum atomic E-state index is 6.28. The molecule has 0 saturated carbocycles. The number of ether oxygens (including phenoxy) is 1. The molecule has 0 radical (unpaired) electrons. The van der Waals surface area contributed by atoms with Crippen LogP contribution in [0.25, 0.3) is 11.3 Å². The molecule has 3 aromatic rings. The minimum absolute atomic E-state index is 0.605. The van der Waals surface area contributed by atoms with Gasteiger partial charge in [0.15, 0.2) is 0 Å². The van der Waals surface area contributed by atoms with Gasteiger partial charge in [-0.2, -0.15) is 4.98 Å². The molecule has 0 aliphatic carbocycles. The third-order valence-electron chi connectivity index (χ3n) is 4.50. The van der Waals surface area contributed by atoms with Gasteiger partial charge in [0.25, 0.3) is 0 Å². The number of anilines is 2. The van der Waals surface area contributed by atoms with E-state index in [4.69, 9.17) is 26.3 Å². The first-order valence-electron chi connectivity index (χ1n) is 9.04. The second-order valence-corrected chi connectivity index (χ2v) is 6.76. The van der Waals surface area contributed by atoms with Crippen molar-refractivity contribution in [1.82, 2.24) is 9.97 Å². The van der Waals surface area contributed by atoms with Gasteiger partial charge >= 0.3 is 0 Å². The first kappa shape index (κ1) is 17.8. The molecule has 27 heavy (non-hydrogen) atoms. The number of hydrogen-bond acceptors (Lipinski definition) is 5. The summed E-state index contributed by atoms with van der Waals surface area (Å²) in [7, 11) is 0. The summed E-state index contributed by atoms with van der Waals surface area (Å²) in [5.74, 6) is 1.51. The summed E-state index contributed by atoms with van der Waals surface area (Å²) in [5.41, 5.74) is 3.00. The van der Waals surface area contributed by atoms with Crippen molar-refractivity contribution in [2.24, 2.45) is 0 Å². The second kappa shape index (κ2) is 8.37. The molecule has 0 amide bonds. The van der Waals surface area contributed by atoms with Crippen LogP contribution >= 0.6 is 11.6 Å². The number of halogens is 1. The molecule has 1 aliphatic rings. The van der Waals surface area contributed by atoms with Crippen molar-refractivity contribution in [1.29, 1.82) is 0 Å². The van der Waals surface area contributed by atoms with Crippen molar-refractivity contribution in [2.45, 2.75) is 6.54 Å². The van der Waals surface area contributed by atoms with Gasteiger partial charge in [-0.1, -0.05) is 60.1 Å². The van der Waals surface area contributed by atoms with Crippen LogP contribution in [-0.2, 0) is 11.3 Å². The van der Waals surface area contributed by atoms with Gasteiger partial charge in [0.05, 0.1) is 18.9 Å². The highest BCUT2D eigenvalue weighted by atomic mass is 35.5. The van der Waals surface area contributed by atoms with Gasteiger partial charge < -0.3 is 15.0 Å². The standard InChI is InChI=1S/C21H21ClN4O/c22-18-9-5-4-8-17(18)15-23-20-14-19(16-6-2-1-3-7-16)24-21(25-20)26-10-12-27-13-11-26/h1-9,14H,10-13,15H2,(H,23,24,25). The van der Waals surface area contributed by atoms with E-state index in [9.17, 15) is 0 Å². The molecular formula is C21H21ClN4O. The summed E-state index contributed by atoms with van der Waals surface area (Å²) in [5, 5.41) is 4.14. The molecule has 1 N–H and O–H groups in total. The van der Waals surface area contributed by atoms with Crippen molar-refractivity contribution < 1.29 is 4.74 Å². The molecule has 4 rings (SSSR count). The van der Waals surface area contributed by atoms with E-state index in [1.807, 2.05) is 48.5 Å². The van der Waals surface area contributed by atoms with Crippen LogP contribution in [-0.4, -0.2) is 36.3 Å². The SMILES string of the molecule is Clc1ccccc1CNc1cc(-c2ccccc2)nc(N2CCOCC2)n1. The Hall–Kier alpha value is -2.63. The Morgan fingerprint density at radius 1 is 0.963 bits per heavy atom. The predicted molar refractivity (Wildman–Crippen MR) is 109 cm³/mol. The van der Waals surface area contributed by atoms with E-state index in [2.05, 4.69) is 22.3 Å². The predicted octanol–water partition coefficient (Wildman–Crippen LogP) is 4.25. The molecule has 0 bridgehead atoms. The zero-order valence-electron chi connectivity index (χ0n) is 14.9. The van der Waals surface area contributed by atoms with Crippen molar-refractivity contribution in [2.75, 3.05) is 36.5 Å². The van der Waals surface area contributed by atoms with Crippen LogP contribution in [0.5, 0.6) is 0 Å². The Kier molecular flexibility index (Phi) is 5.51. The molecule has 0 unspecified atom stereocenters. The quantitative estimate of drug-likeness (QED) is 0.717. The van der Waals surface area contributed by atoms with E-state index >= 15 is 0 Å². The van der Waals surface area contributed by atoms with Gasteiger partial charge in [0.2, 0.25) is 5.95 Å². The molecule has 0 atom stereocenters. The lowest BCUT2D eigenvalue weighted by atomic mass is 10.1. The number of benzene rings is 2. The van der Waals surface area contributed by atoms with Crippen LogP contribution < -0.4 is 10.2 Å². The molecule has 5 nitrogen and oxygen atoms in total. The Morgan fingerprint density at radius 2 is 1.70 bits per heavy atom. The topological polar surface area (TPSA) is 50.3 Å². The normalized spacial score (nSPS) is 14.2. The second-order valence-electron chi connectivity index (χ2n) is 6.35.